The van der Waals surface area contributed by atoms with Crippen LogP contribution >= 0.6 is 0 Å². The molecule has 1 aromatic heterocycles. The molecule has 1 fully saturated rings. The fourth-order valence-corrected chi connectivity index (χ4v) is 3.31. The van der Waals surface area contributed by atoms with E-state index in [1.165, 1.54) is 11.0 Å². The first-order valence-electron chi connectivity index (χ1n) is 8.82. The molecule has 1 saturated heterocycles. The van der Waals surface area contributed by atoms with E-state index >= 15 is 0 Å². The van der Waals surface area contributed by atoms with Crippen molar-refractivity contribution in [3.63, 3.8) is 0 Å². The Hall–Kier alpha value is -2.90. The summed E-state index contributed by atoms with van der Waals surface area (Å²) in [6.07, 6.45) is -1.08. The Kier molecular flexibility index (Phi) is 5.67. The molecule has 1 aliphatic heterocycles. The van der Waals surface area contributed by atoms with Crippen molar-refractivity contribution in [3.8, 4) is 0 Å². The molecule has 8 heteroatoms. The molecule has 2 aromatic rings. The number of likely N-dealkylation sites (tertiary alicyclic amines) is 1. The van der Waals surface area contributed by atoms with E-state index < -0.39 is 17.7 Å². The molecule has 28 heavy (non-hydrogen) atoms. The monoisotopic (exact) mass is 391 g/mol. The lowest BCUT2D eigenvalue weighted by Gasteiger charge is -2.21. The number of aromatic nitrogens is 1. The normalized spacial score (nSPS) is 17.1. The Balaban J connectivity index is 1.62. The van der Waals surface area contributed by atoms with Gasteiger partial charge in [-0.2, -0.15) is 13.2 Å². The van der Waals surface area contributed by atoms with Crippen LogP contribution in [0.25, 0.3) is 0 Å². The lowest BCUT2D eigenvalue weighted by Crippen LogP contribution is -2.34. The highest BCUT2D eigenvalue weighted by Gasteiger charge is 2.36. The zero-order valence-electron chi connectivity index (χ0n) is 15.3. The van der Waals surface area contributed by atoms with Crippen LogP contribution in [0, 0.1) is 5.92 Å². The second-order valence-electron chi connectivity index (χ2n) is 6.92. The first-order chi connectivity index (χ1) is 13.2. The summed E-state index contributed by atoms with van der Waals surface area (Å²) in [7, 11) is 1.67. The molecule has 0 radical (unpaired) electrons. The molecule has 2 amide bonds. The molecule has 0 N–H and O–H groups in total. The van der Waals surface area contributed by atoms with Gasteiger partial charge in [0.15, 0.2) is 0 Å². The number of carbonyl (C=O) groups is 2. The number of nitrogens with zero attached hydrogens (tertiary/aromatic N) is 3. The molecule has 1 aromatic carbocycles. The van der Waals surface area contributed by atoms with Gasteiger partial charge in [-0.15, -0.1) is 0 Å². The molecule has 0 unspecified atom stereocenters. The van der Waals surface area contributed by atoms with Crippen LogP contribution in [-0.4, -0.2) is 40.2 Å². The Labute approximate surface area is 160 Å². The summed E-state index contributed by atoms with van der Waals surface area (Å²) in [5.41, 5.74) is 0.568. The van der Waals surface area contributed by atoms with E-state index in [2.05, 4.69) is 4.98 Å². The molecule has 0 spiro atoms. The van der Waals surface area contributed by atoms with Crippen molar-refractivity contribution in [2.45, 2.75) is 25.7 Å². The maximum atomic E-state index is 12.9. The maximum absolute atomic E-state index is 12.9. The third-order valence-electron chi connectivity index (χ3n) is 4.74. The minimum Gasteiger partial charge on any atom is -0.341 e. The van der Waals surface area contributed by atoms with Crippen LogP contribution in [0.4, 0.5) is 13.2 Å². The van der Waals surface area contributed by atoms with E-state index in [-0.39, 0.29) is 31.3 Å². The van der Waals surface area contributed by atoms with Gasteiger partial charge in [-0.05, 0) is 35.4 Å². The maximum Gasteiger partial charge on any atom is 0.416 e. The minimum absolute atomic E-state index is 0.0562. The standard InChI is InChI=1S/C20H20F3N3O2/c1-25(11-14-5-7-24-8-6-14)19(28)16-10-18(27)26(13-16)12-15-3-2-4-17(9-15)20(21,22)23/h2-9,16H,10-13H2,1H3/t16-/m0/s1. The van der Waals surface area contributed by atoms with Gasteiger partial charge in [0.1, 0.15) is 0 Å². The van der Waals surface area contributed by atoms with Crippen molar-refractivity contribution in [1.82, 2.24) is 14.8 Å². The number of alkyl halides is 3. The van der Waals surface area contributed by atoms with Gasteiger partial charge in [-0.3, -0.25) is 14.6 Å². The molecule has 0 saturated carbocycles. The molecular formula is C20H20F3N3O2. The SMILES string of the molecule is CN(Cc1ccncc1)C(=O)[C@H]1CC(=O)N(Cc2cccc(C(F)(F)F)c2)C1. The quantitative estimate of drug-likeness (QED) is 0.787. The van der Waals surface area contributed by atoms with Crippen LogP contribution in [0.2, 0.25) is 0 Å². The number of rotatable bonds is 5. The van der Waals surface area contributed by atoms with Crippen LogP contribution in [0.3, 0.4) is 0 Å². The smallest absolute Gasteiger partial charge is 0.341 e. The molecule has 0 bridgehead atoms. The fourth-order valence-electron chi connectivity index (χ4n) is 3.31. The van der Waals surface area contributed by atoms with Crippen LogP contribution in [0.1, 0.15) is 23.1 Å². The van der Waals surface area contributed by atoms with Crippen LogP contribution < -0.4 is 0 Å². The van der Waals surface area contributed by atoms with Crippen molar-refractivity contribution >= 4 is 11.8 Å². The molecule has 0 aliphatic carbocycles. The predicted molar refractivity (Wildman–Crippen MR) is 95.7 cm³/mol. The zero-order chi connectivity index (χ0) is 20.3. The van der Waals surface area contributed by atoms with Crippen molar-refractivity contribution in [3.05, 3.63) is 65.5 Å². The van der Waals surface area contributed by atoms with E-state index in [4.69, 9.17) is 0 Å². The minimum atomic E-state index is -4.43. The highest BCUT2D eigenvalue weighted by Crippen LogP contribution is 2.30. The third kappa shape index (κ3) is 4.68. The van der Waals surface area contributed by atoms with Gasteiger partial charge in [0, 0.05) is 45.5 Å². The van der Waals surface area contributed by atoms with Gasteiger partial charge < -0.3 is 9.80 Å². The lowest BCUT2D eigenvalue weighted by molar-refractivity contribution is -0.137. The number of amides is 2. The van der Waals surface area contributed by atoms with Crippen LogP contribution in [-0.2, 0) is 28.9 Å². The van der Waals surface area contributed by atoms with E-state index in [0.29, 0.717) is 12.1 Å². The second-order valence-corrected chi connectivity index (χ2v) is 6.92. The lowest BCUT2D eigenvalue weighted by atomic mass is 10.1. The van der Waals surface area contributed by atoms with Gasteiger partial charge in [-0.1, -0.05) is 12.1 Å². The fraction of sp³-hybridized carbons (Fsp3) is 0.350. The molecule has 3 rings (SSSR count). The van der Waals surface area contributed by atoms with Crippen molar-refractivity contribution in [2.24, 2.45) is 5.92 Å². The topological polar surface area (TPSA) is 53.5 Å². The van der Waals surface area contributed by atoms with Crippen molar-refractivity contribution in [2.75, 3.05) is 13.6 Å². The van der Waals surface area contributed by atoms with Gasteiger partial charge in [-0.25, -0.2) is 0 Å². The Morgan fingerprint density at radius 3 is 2.61 bits per heavy atom. The number of hydrogen-bond donors (Lipinski definition) is 0. The Bertz CT molecular complexity index is 855. The molecule has 5 nitrogen and oxygen atoms in total. The number of carbonyl (C=O) groups excluding carboxylic acids is 2. The largest absolute Gasteiger partial charge is 0.416 e. The van der Waals surface area contributed by atoms with E-state index in [1.54, 1.807) is 30.4 Å². The van der Waals surface area contributed by atoms with Gasteiger partial charge in [0.05, 0.1) is 11.5 Å². The average Bonchev–Trinajstić information content (AvgIpc) is 3.02. The van der Waals surface area contributed by atoms with Gasteiger partial charge in [0.2, 0.25) is 11.8 Å². The summed E-state index contributed by atoms with van der Waals surface area (Å²) >= 11 is 0. The molecule has 1 aliphatic rings. The predicted octanol–water partition coefficient (Wildman–Crippen LogP) is 3.11. The molecule has 2 heterocycles. The first-order valence-corrected chi connectivity index (χ1v) is 8.82. The Morgan fingerprint density at radius 2 is 1.93 bits per heavy atom. The Morgan fingerprint density at radius 1 is 1.21 bits per heavy atom. The van der Waals surface area contributed by atoms with Crippen LogP contribution in [0.15, 0.2) is 48.8 Å². The van der Waals surface area contributed by atoms with E-state index in [9.17, 15) is 22.8 Å². The first kappa shape index (κ1) is 19.9. The van der Waals surface area contributed by atoms with Gasteiger partial charge >= 0.3 is 6.18 Å². The summed E-state index contributed by atoms with van der Waals surface area (Å²) in [5, 5.41) is 0. The summed E-state index contributed by atoms with van der Waals surface area (Å²) in [6, 6.07) is 8.53. The third-order valence-corrected chi connectivity index (χ3v) is 4.74. The highest BCUT2D eigenvalue weighted by molar-refractivity contribution is 5.89. The van der Waals surface area contributed by atoms with Crippen LogP contribution in [0.5, 0.6) is 0 Å². The van der Waals surface area contributed by atoms with Crippen molar-refractivity contribution < 1.29 is 22.8 Å². The van der Waals surface area contributed by atoms with E-state index in [0.717, 1.165) is 17.7 Å². The number of benzene rings is 1. The average molecular weight is 391 g/mol. The number of halogens is 3. The summed E-state index contributed by atoms with van der Waals surface area (Å²) in [4.78, 5) is 31.9. The number of pyridine rings is 1. The zero-order valence-corrected chi connectivity index (χ0v) is 15.3. The summed E-state index contributed by atoms with van der Waals surface area (Å²) in [6.45, 7) is 0.662. The second kappa shape index (κ2) is 8.00. The van der Waals surface area contributed by atoms with Crippen molar-refractivity contribution in [1.29, 1.82) is 0 Å². The molecular weight excluding hydrogens is 371 g/mol. The molecule has 1 atom stereocenters. The number of hydrogen-bond acceptors (Lipinski definition) is 3. The molecule has 148 valence electrons. The van der Waals surface area contributed by atoms with E-state index in [1.807, 2.05) is 12.1 Å². The van der Waals surface area contributed by atoms with Gasteiger partial charge in [0.25, 0.3) is 0 Å². The highest BCUT2D eigenvalue weighted by atomic mass is 19.4. The summed E-state index contributed by atoms with van der Waals surface area (Å²) in [5.74, 6) is -0.880. The summed E-state index contributed by atoms with van der Waals surface area (Å²) < 4.78 is 38.6.